The van der Waals surface area contributed by atoms with Crippen LogP contribution in [0.1, 0.15) is 10.4 Å². The van der Waals surface area contributed by atoms with Crippen LogP contribution in [-0.4, -0.2) is 21.3 Å². The summed E-state index contributed by atoms with van der Waals surface area (Å²) in [6.45, 7) is 0. The number of hydrogen-bond acceptors (Lipinski definition) is 4. The van der Waals surface area contributed by atoms with E-state index in [0.29, 0.717) is 0 Å². The van der Waals surface area contributed by atoms with E-state index in [1.54, 1.807) is 30.5 Å². The molecular formula is C11H8N2O2S. The van der Waals surface area contributed by atoms with Gasteiger partial charge in [-0.15, -0.1) is 5.10 Å². The van der Waals surface area contributed by atoms with Crippen LogP contribution in [0, 0.1) is 0 Å². The second-order valence-electron chi connectivity index (χ2n) is 3.00. The molecule has 1 aromatic heterocycles. The fourth-order valence-corrected chi connectivity index (χ4v) is 1.96. The minimum absolute atomic E-state index is 0.272. The van der Waals surface area contributed by atoms with Gasteiger partial charge >= 0.3 is 5.97 Å². The predicted octanol–water partition coefficient (Wildman–Crippen LogP) is 2.33. The first-order chi connectivity index (χ1) is 7.75. The van der Waals surface area contributed by atoms with Crippen molar-refractivity contribution in [2.24, 2.45) is 0 Å². The molecule has 2 rings (SSSR count). The summed E-state index contributed by atoms with van der Waals surface area (Å²) in [6, 6.07) is 10.3. The van der Waals surface area contributed by atoms with Crippen LogP contribution in [-0.2, 0) is 0 Å². The highest BCUT2D eigenvalue weighted by molar-refractivity contribution is 7.99. The van der Waals surface area contributed by atoms with Crippen molar-refractivity contribution < 1.29 is 9.90 Å². The summed E-state index contributed by atoms with van der Waals surface area (Å²) < 4.78 is 0. The molecule has 5 heteroatoms. The van der Waals surface area contributed by atoms with Crippen molar-refractivity contribution in [2.45, 2.75) is 9.92 Å². The van der Waals surface area contributed by atoms with E-state index < -0.39 is 5.97 Å². The lowest BCUT2D eigenvalue weighted by Gasteiger charge is -2.00. The van der Waals surface area contributed by atoms with Gasteiger partial charge in [0.15, 0.2) is 0 Å². The van der Waals surface area contributed by atoms with Gasteiger partial charge in [0, 0.05) is 11.1 Å². The topological polar surface area (TPSA) is 63.1 Å². The lowest BCUT2D eigenvalue weighted by molar-refractivity contribution is 0.0696. The van der Waals surface area contributed by atoms with Crippen molar-refractivity contribution in [1.82, 2.24) is 10.2 Å². The molecule has 1 N–H and O–H groups in total. The van der Waals surface area contributed by atoms with Gasteiger partial charge in [-0.25, -0.2) is 4.79 Å². The normalized spacial score (nSPS) is 10.0. The number of benzene rings is 1. The van der Waals surface area contributed by atoms with Crippen molar-refractivity contribution in [1.29, 1.82) is 0 Å². The number of aromatic carboxylic acids is 1. The van der Waals surface area contributed by atoms with Crippen molar-refractivity contribution in [3.8, 4) is 0 Å². The van der Waals surface area contributed by atoms with Gasteiger partial charge in [0.2, 0.25) is 0 Å². The van der Waals surface area contributed by atoms with Crippen molar-refractivity contribution in [3.63, 3.8) is 0 Å². The van der Waals surface area contributed by atoms with E-state index in [4.69, 9.17) is 5.11 Å². The van der Waals surface area contributed by atoms with E-state index >= 15 is 0 Å². The molecule has 0 saturated carbocycles. The lowest BCUT2D eigenvalue weighted by atomic mass is 10.2. The number of carbonyl (C=O) groups is 1. The van der Waals surface area contributed by atoms with Crippen LogP contribution in [0.5, 0.6) is 0 Å². The third kappa shape index (κ3) is 2.58. The van der Waals surface area contributed by atoms with Crippen LogP contribution in [0.3, 0.4) is 0 Å². The Morgan fingerprint density at radius 2 is 2.12 bits per heavy atom. The monoisotopic (exact) mass is 232 g/mol. The summed E-state index contributed by atoms with van der Waals surface area (Å²) in [5.41, 5.74) is 0.272. The molecule has 0 spiro atoms. The number of nitrogens with zero attached hydrogens (tertiary/aromatic N) is 2. The third-order valence-corrected chi connectivity index (χ3v) is 2.77. The van der Waals surface area contributed by atoms with Gasteiger partial charge in [0.05, 0.1) is 5.56 Å². The summed E-state index contributed by atoms with van der Waals surface area (Å²) in [6.07, 6.45) is 1.59. The molecule has 0 fully saturated rings. The summed E-state index contributed by atoms with van der Waals surface area (Å²) >= 11 is 1.38. The standard InChI is InChI=1S/C11H8N2O2S/c14-11(15)8-3-1-4-9(7-8)16-10-5-2-6-12-13-10/h1-7H,(H,14,15). The van der Waals surface area contributed by atoms with Gasteiger partial charge in [-0.05, 0) is 30.3 Å². The number of carboxylic acid groups (broad SMARTS) is 1. The SMILES string of the molecule is O=C(O)c1cccc(Sc2cccnn2)c1. The highest BCUT2D eigenvalue weighted by Crippen LogP contribution is 2.25. The molecule has 0 aliphatic rings. The van der Waals surface area contributed by atoms with Gasteiger partial charge in [0.1, 0.15) is 5.03 Å². The molecule has 0 aliphatic carbocycles. The third-order valence-electron chi connectivity index (χ3n) is 1.85. The first-order valence-corrected chi connectivity index (χ1v) is 5.36. The summed E-state index contributed by atoms with van der Waals surface area (Å²) in [5.74, 6) is -0.929. The molecule has 1 heterocycles. The van der Waals surface area contributed by atoms with Gasteiger partial charge in [-0.2, -0.15) is 5.10 Å². The Labute approximate surface area is 96.3 Å². The van der Waals surface area contributed by atoms with Gasteiger partial charge < -0.3 is 5.11 Å². The van der Waals surface area contributed by atoms with Crippen LogP contribution in [0.2, 0.25) is 0 Å². The summed E-state index contributed by atoms with van der Waals surface area (Å²) in [4.78, 5) is 11.6. The summed E-state index contributed by atoms with van der Waals surface area (Å²) in [5, 5.41) is 17.2. The van der Waals surface area contributed by atoms with Crippen LogP contribution in [0.15, 0.2) is 52.5 Å². The van der Waals surface area contributed by atoms with E-state index in [1.807, 2.05) is 12.1 Å². The van der Waals surface area contributed by atoms with Gasteiger partial charge in [-0.3, -0.25) is 0 Å². The van der Waals surface area contributed by atoms with E-state index in [2.05, 4.69) is 10.2 Å². The van der Waals surface area contributed by atoms with E-state index in [-0.39, 0.29) is 5.56 Å². The van der Waals surface area contributed by atoms with Crippen molar-refractivity contribution in [3.05, 3.63) is 48.2 Å². The largest absolute Gasteiger partial charge is 0.478 e. The Morgan fingerprint density at radius 3 is 2.81 bits per heavy atom. The highest BCUT2D eigenvalue weighted by atomic mass is 32.2. The Kier molecular flexibility index (Phi) is 3.16. The molecule has 16 heavy (non-hydrogen) atoms. The maximum atomic E-state index is 10.8. The first kappa shape index (κ1) is 10.6. The molecule has 1 aromatic carbocycles. The van der Waals surface area contributed by atoms with E-state index in [1.165, 1.54) is 11.8 Å². The molecule has 4 nitrogen and oxygen atoms in total. The molecule has 0 unspecified atom stereocenters. The van der Waals surface area contributed by atoms with Crippen molar-refractivity contribution in [2.75, 3.05) is 0 Å². The van der Waals surface area contributed by atoms with Crippen LogP contribution >= 0.6 is 11.8 Å². The quantitative estimate of drug-likeness (QED) is 0.879. The number of carboxylic acids is 1. The van der Waals surface area contributed by atoms with E-state index in [0.717, 1.165) is 9.92 Å². The minimum Gasteiger partial charge on any atom is -0.478 e. The molecule has 0 bridgehead atoms. The second kappa shape index (κ2) is 4.76. The van der Waals surface area contributed by atoms with Crippen LogP contribution in [0.4, 0.5) is 0 Å². The smallest absolute Gasteiger partial charge is 0.335 e. The zero-order chi connectivity index (χ0) is 11.4. The maximum absolute atomic E-state index is 10.8. The molecule has 2 aromatic rings. The van der Waals surface area contributed by atoms with Gasteiger partial charge in [-0.1, -0.05) is 17.8 Å². The van der Waals surface area contributed by atoms with Gasteiger partial charge in [0.25, 0.3) is 0 Å². The number of rotatable bonds is 3. The Balaban J connectivity index is 2.22. The Bertz CT molecular complexity index is 502. The number of aromatic nitrogens is 2. The van der Waals surface area contributed by atoms with Crippen LogP contribution in [0.25, 0.3) is 0 Å². The number of hydrogen-bond donors (Lipinski definition) is 1. The Hall–Kier alpha value is -1.88. The average Bonchev–Trinajstić information content (AvgIpc) is 2.30. The molecule has 0 amide bonds. The lowest BCUT2D eigenvalue weighted by Crippen LogP contribution is -1.95. The summed E-state index contributed by atoms with van der Waals surface area (Å²) in [7, 11) is 0. The fraction of sp³-hybridized carbons (Fsp3) is 0. The van der Waals surface area contributed by atoms with Crippen molar-refractivity contribution >= 4 is 17.7 Å². The molecular weight excluding hydrogens is 224 g/mol. The maximum Gasteiger partial charge on any atom is 0.335 e. The first-order valence-electron chi connectivity index (χ1n) is 4.54. The molecule has 80 valence electrons. The average molecular weight is 232 g/mol. The molecule has 0 aliphatic heterocycles. The van der Waals surface area contributed by atoms with Crippen LogP contribution < -0.4 is 0 Å². The molecule has 0 atom stereocenters. The zero-order valence-corrected chi connectivity index (χ0v) is 9.02. The highest BCUT2D eigenvalue weighted by Gasteiger charge is 2.04. The minimum atomic E-state index is -0.929. The Morgan fingerprint density at radius 1 is 1.25 bits per heavy atom. The molecule has 0 saturated heterocycles. The predicted molar refractivity (Wildman–Crippen MR) is 59.6 cm³/mol. The fourth-order valence-electron chi connectivity index (χ4n) is 1.16. The van der Waals surface area contributed by atoms with E-state index in [9.17, 15) is 4.79 Å². The zero-order valence-electron chi connectivity index (χ0n) is 8.20. The molecule has 0 radical (unpaired) electrons. The second-order valence-corrected chi connectivity index (χ2v) is 4.09.